The van der Waals surface area contributed by atoms with Gasteiger partial charge in [0.1, 0.15) is 5.54 Å². The summed E-state index contributed by atoms with van der Waals surface area (Å²) in [6.07, 6.45) is 5.19. The highest BCUT2D eigenvalue weighted by atomic mass is 35.5. The maximum Gasteiger partial charge on any atom is 0.308 e. The fourth-order valence-corrected chi connectivity index (χ4v) is 7.13. The first-order valence-corrected chi connectivity index (χ1v) is 14.1. The second-order valence-electron chi connectivity index (χ2n) is 11.6. The van der Waals surface area contributed by atoms with E-state index in [0.717, 1.165) is 47.8 Å². The fraction of sp³-hybridized carbons (Fsp3) is 0.344. The summed E-state index contributed by atoms with van der Waals surface area (Å²) in [5.41, 5.74) is 4.24. The van der Waals surface area contributed by atoms with Gasteiger partial charge in [0.05, 0.1) is 48.5 Å². The molecule has 7 nitrogen and oxygen atoms in total. The number of ether oxygens (including phenoxy) is 2. The lowest BCUT2D eigenvalue weighted by Gasteiger charge is -2.56. The number of methoxy groups -OCH3 is 1. The van der Waals surface area contributed by atoms with Crippen LogP contribution in [0.15, 0.2) is 72.9 Å². The minimum absolute atomic E-state index is 0.00506. The molecule has 2 saturated carbocycles. The Morgan fingerprint density at radius 1 is 0.975 bits per heavy atom. The molecule has 4 aromatic rings. The molecule has 40 heavy (non-hydrogen) atoms. The molecule has 1 amide bonds. The first kappa shape index (κ1) is 25.3. The molecule has 1 saturated heterocycles. The number of fused-ring (bicyclic) bond motifs is 1. The van der Waals surface area contributed by atoms with E-state index in [1.54, 1.807) is 18.3 Å². The fourth-order valence-electron chi connectivity index (χ4n) is 6.93. The quantitative estimate of drug-likeness (QED) is 0.314. The zero-order chi connectivity index (χ0) is 27.5. The van der Waals surface area contributed by atoms with Crippen LogP contribution in [0.2, 0.25) is 5.02 Å². The molecule has 3 aliphatic rings. The summed E-state index contributed by atoms with van der Waals surface area (Å²) in [7, 11) is 1.44. The summed E-state index contributed by atoms with van der Waals surface area (Å²) in [4.78, 5) is 25.4. The van der Waals surface area contributed by atoms with Crippen LogP contribution in [0.25, 0.3) is 22.0 Å². The van der Waals surface area contributed by atoms with Gasteiger partial charge in [-0.15, -0.1) is 0 Å². The van der Waals surface area contributed by atoms with Crippen LogP contribution in [0.1, 0.15) is 41.6 Å². The van der Waals surface area contributed by atoms with Crippen molar-refractivity contribution in [3.63, 3.8) is 0 Å². The highest BCUT2D eigenvalue weighted by Gasteiger charge is 2.55. The minimum Gasteiger partial charge on any atom is -0.469 e. The van der Waals surface area contributed by atoms with E-state index >= 15 is 0 Å². The molecule has 0 radical (unpaired) electrons. The van der Waals surface area contributed by atoms with Crippen LogP contribution < -0.4 is 5.32 Å². The SMILES string of the molecule is COC(=O)C1CC2(CC(NC(=O)c3ccc(Cl)c4cnn(C5(c6ccc(-c7ccccc7)cc6)COC5)c34)C2)C1. The van der Waals surface area contributed by atoms with Crippen molar-refractivity contribution < 1.29 is 19.1 Å². The third-order valence-electron chi connectivity index (χ3n) is 9.13. The van der Waals surface area contributed by atoms with Crippen molar-refractivity contribution in [2.24, 2.45) is 11.3 Å². The van der Waals surface area contributed by atoms with Gasteiger partial charge in [-0.1, -0.05) is 66.2 Å². The first-order valence-electron chi connectivity index (χ1n) is 13.7. The van der Waals surface area contributed by atoms with Crippen molar-refractivity contribution in [2.45, 2.75) is 37.3 Å². The summed E-state index contributed by atoms with van der Waals surface area (Å²) >= 11 is 6.60. The van der Waals surface area contributed by atoms with Gasteiger partial charge in [0.25, 0.3) is 5.91 Å². The largest absolute Gasteiger partial charge is 0.469 e. The van der Waals surface area contributed by atoms with Gasteiger partial charge in [-0.3, -0.25) is 9.59 Å². The van der Waals surface area contributed by atoms with E-state index in [9.17, 15) is 9.59 Å². The van der Waals surface area contributed by atoms with Gasteiger partial charge < -0.3 is 14.8 Å². The van der Waals surface area contributed by atoms with E-state index in [2.05, 4.69) is 41.7 Å². The molecule has 204 valence electrons. The van der Waals surface area contributed by atoms with Crippen LogP contribution in [0.3, 0.4) is 0 Å². The summed E-state index contributed by atoms with van der Waals surface area (Å²) in [5.74, 6) is -0.269. The molecular weight excluding hydrogens is 526 g/mol. The molecule has 3 fully saturated rings. The third kappa shape index (κ3) is 3.94. The van der Waals surface area contributed by atoms with Gasteiger partial charge in [0.2, 0.25) is 0 Å². The van der Waals surface area contributed by atoms with Crippen molar-refractivity contribution in [3.05, 3.63) is 89.1 Å². The minimum atomic E-state index is -0.536. The summed E-state index contributed by atoms with van der Waals surface area (Å²) < 4.78 is 12.6. The van der Waals surface area contributed by atoms with Crippen LogP contribution in [-0.4, -0.2) is 48.0 Å². The van der Waals surface area contributed by atoms with Crippen LogP contribution in [0, 0.1) is 11.3 Å². The average molecular weight is 556 g/mol. The van der Waals surface area contributed by atoms with Gasteiger partial charge >= 0.3 is 5.97 Å². The van der Waals surface area contributed by atoms with Crippen LogP contribution in [0.5, 0.6) is 0 Å². The Hall–Kier alpha value is -3.68. The lowest BCUT2D eigenvalue weighted by atomic mass is 9.50. The number of carbonyl (C=O) groups excluding carboxylic acids is 2. The molecule has 0 unspecified atom stereocenters. The number of rotatable bonds is 6. The number of benzene rings is 3. The smallest absolute Gasteiger partial charge is 0.308 e. The molecule has 1 aromatic heterocycles. The number of hydrogen-bond acceptors (Lipinski definition) is 5. The maximum absolute atomic E-state index is 13.6. The zero-order valence-corrected chi connectivity index (χ0v) is 23.0. The van der Waals surface area contributed by atoms with E-state index in [1.807, 2.05) is 22.9 Å². The molecule has 1 spiro atoms. The predicted octanol–water partition coefficient (Wildman–Crippen LogP) is 5.59. The molecule has 8 heteroatoms. The lowest BCUT2D eigenvalue weighted by Crippen LogP contribution is -2.57. The number of halogens is 1. The van der Waals surface area contributed by atoms with Gasteiger partial charge in [0.15, 0.2) is 0 Å². The lowest BCUT2D eigenvalue weighted by molar-refractivity contribution is -0.159. The molecule has 3 aromatic carbocycles. The second-order valence-corrected chi connectivity index (χ2v) is 12.0. The van der Waals surface area contributed by atoms with E-state index in [-0.39, 0.29) is 29.3 Å². The zero-order valence-electron chi connectivity index (χ0n) is 22.2. The second kappa shape index (κ2) is 9.46. The van der Waals surface area contributed by atoms with Crippen molar-refractivity contribution in [1.82, 2.24) is 15.1 Å². The molecular formula is C32H30ClN3O4. The van der Waals surface area contributed by atoms with Crippen molar-refractivity contribution >= 4 is 34.4 Å². The van der Waals surface area contributed by atoms with E-state index < -0.39 is 5.54 Å². The van der Waals surface area contributed by atoms with Crippen LogP contribution in [-0.2, 0) is 19.8 Å². The predicted molar refractivity (Wildman–Crippen MR) is 152 cm³/mol. The van der Waals surface area contributed by atoms with Gasteiger partial charge in [-0.05, 0) is 59.9 Å². The molecule has 0 bridgehead atoms. The number of amides is 1. The molecule has 2 heterocycles. The Morgan fingerprint density at radius 3 is 2.33 bits per heavy atom. The van der Waals surface area contributed by atoms with Crippen molar-refractivity contribution in [1.29, 1.82) is 0 Å². The third-order valence-corrected chi connectivity index (χ3v) is 9.46. The standard InChI is InChI=1S/C32H30ClN3O4/c1-39-30(38)22-13-31(14-22)15-24(16-31)35-29(37)25-11-12-27(33)26-17-34-36(28(25)26)32(18-40-19-32)23-9-7-21(8-10-23)20-5-3-2-4-6-20/h2-12,17,22,24H,13-16,18-19H2,1H3,(H,35,37). The Balaban J connectivity index is 1.16. The normalized spacial score (nSPS) is 24.6. The number of aromatic nitrogens is 2. The monoisotopic (exact) mass is 555 g/mol. The maximum atomic E-state index is 13.6. The van der Waals surface area contributed by atoms with Crippen molar-refractivity contribution in [3.8, 4) is 11.1 Å². The van der Waals surface area contributed by atoms with Crippen LogP contribution >= 0.6 is 11.6 Å². The molecule has 7 rings (SSSR count). The number of hydrogen-bond donors (Lipinski definition) is 1. The number of nitrogens with zero attached hydrogens (tertiary/aromatic N) is 2. The number of nitrogens with one attached hydrogen (secondary N) is 1. The highest BCUT2D eigenvalue weighted by Crippen LogP contribution is 2.59. The summed E-state index contributed by atoms with van der Waals surface area (Å²) in [6.45, 7) is 0.906. The Kier molecular flexibility index (Phi) is 5.98. The van der Waals surface area contributed by atoms with Crippen LogP contribution in [0.4, 0.5) is 0 Å². The number of carbonyl (C=O) groups is 2. The molecule has 2 aliphatic carbocycles. The first-order chi connectivity index (χ1) is 19.4. The van der Waals surface area contributed by atoms with Gasteiger partial charge in [-0.25, -0.2) is 4.68 Å². The van der Waals surface area contributed by atoms with Crippen molar-refractivity contribution in [2.75, 3.05) is 20.3 Å². The van der Waals surface area contributed by atoms with Gasteiger partial charge in [0, 0.05) is 11.4 Å². The topological polar surface area (TPSA) is 82.5 Å². The molecule has 0 atom stereocenters. The highest BCUT2D eigenvalue weighted by molar-refractivity contribution is 6.36. The van der Waals surface area contributed by atoms with Gasteiger partial charge in [-0.2, -0.15) is 5.10 Å². The number of esters is 1. The Bertz CT molecular complexity index is 1600. The van der Waals surface area contributed by atoms with E-state index in [0.29, 0.717) is 29.3 Å². The molecule has 1 N–H and O–H groups in total. The Morgan fingerprint density at radius 2 is 1.68 bits per heavy atom. The Labute approximate surface area is 237 Å². The average Bonchev–Trinajstić information content (AvgIpc) is 3.35. The van der Waals surface area contributed by atoms with E-state index in [1.165, 1.54) is 7.11 Å². The van der Waals surface area contributed by atoms with E-state index in [4.69, 9.17) is 26.2 Å². The summed E-state index contributed by atoms with van der Waals surface area (Å²) in [6, 6.07) is 22.4. The summed E-state index contributed by atoms with van der Waals surface area (Å²) in [5, 5.41) is 9.29. The molecule has 1 aliphatic heterocycles.